The van der Waals surface area contributed by atoms with Gasteiger partial charge in [-0.1, -0.05) is 0 Å². The van der Waals surface area contributed by atoms with E-state index < -0.39 is 69.2 Å². The summed E-state index contributed by atoms with van der Waals surface area (Å²) >= 11 is 0. The molecule has 2 amide bonds. The van der Waals surface area contributed by atoms with Crippen molar-refractivity contribution >= 4 is 17.6 Å². The van der Waals surface area contributed by atoms with E-state index in [1.165, 1.54) is 0 Å². The van der Waals surface area contributed by atoms with Crippen LogP contribution in [0.5, 0.6) is 5.75 Å². The molecule has 0 unspecified atom stereocenters. The standard InChI is InChI=1S/C16H9F6N3O4/c1-29-8-3-5(15(17,18)19)2-7(16(20,21)22)11(8)25-9(26)4-6-10(12(25)23)14(28)24-13(6)27/h2-4H,23H2,1H3,(H,24,27,28). The molecule has 3 N–H and O–H groups in total. The molecule has 7 nitrogen and oxygen atoms in total. The Morgan fingerprint density at radius 2 is 1.59 bits per heavy atom. The highest BCUT2D eigenvalue weighted by Gasteiger charge is 2.42. The number of fused-ring (bicyclic) bond motifs is 1. The second-order valence-corrected chi connectivity index (χ2v) is 5.85. The van der Waals surface area contributed by atoms with Crippen LogP contribution in [0.3, 0.4) is 0 Å². The minimum Gasteiger partial charge on any atom is -0.495 e. The molecule has 2 heterocycles. The van der Waals surface area contributed by atoms with Gasteiger partial charge in [0.1, 0.15) is 17.3 Å². The molecule has 2 aromatic rings. The lowest BCUT2D eigenvalue weighted by Crippen LogP contribution is -2.27. The number of nitrogen functional groups attached to an aromatic ring is 1. The molecule has 29 heavy (non-hydrogen) atoms. The molecule has 1 aliphatic heterocycles. The first-order valence-electron chi connectivity index (χ1n) is 7.55. The first kappa shape index (κ1) is 20.2. The predicted molar refractivity (Wildman–Crippen MR) is 84.8 cm³/mol. The van der Waals surface area contributed by atoms with Crippen LogP contribution in [0.4, 0.5) is 32.2 Å². The Morgan fingerprint density at radius 1 is 0.966 bits per heavy atom. The molecule has 0 atom stereocenters. The molecule has 0 spiro atoms. The molecular weight excluding hydrogens is 412 g/mol. The summed E-state index contributed by atoms with van der Waals surface area (Å²) in [5, 5.41) is 1.82. The normalized spacial score (nSPS) is 14.0. The fourth-order valence-electron chi connectivity index (χ4n) is 2.88. The zero-order valence-electron chi connectivity index (χ0n) is 14.2. The van der Waals surface area contributed by atoms with Crippen molar-refractivity contribution in [1.82, 2.24) is 9.88 Å². The minimum absolute atomic E-state index is 0.179. The van der Waals surface area contributed by atoms with Crippen LogP contribution in [0.1, 0.15) is 31.8 Å². The lowest BCUT2D eigenvalue weighted by atomic mass is 10.0. The summed E-state index contributed by atoms with van der Waals surface area (Å²) < 4.78 is 84.7. The predicted octanol–water partition coefficient (Wildman–Crippen LogP) is 2.35. The van der Waals surface area contributed by atoms with Gasteiger partial charge in [0.15, 0.2) is 0 Å². The van der Waals surface area contributed by atoms with Crippen molar-refractivity contribution < 1.29 is 40.7 Å². The van der Waals surface area contributed by atoms with Crippen molar-refractivity contribution in [3.8, 4) is 11.4 Å². The summed E-state index contributed by atoms with van der Waals surface area (Å²) in [5.74, 6) is -3.89. The van der Waals surface area contributed by atoms with E-state index in [1.807, 2.05) is 5.32 Å². The molecule has 1 aromatic carbocycles. The number of nitrogens with zero attached hydrogens (tertiary/aromatic N) is 1. The van der Waals surface area contributed by atoms with Crippen molar-refractivity contribution in [1.29, 1.82) is 0 Å². The number of alkyl halides is 6. The minimum atomic E-state index is -5.35. The summed E-state index contributed by atoms with van der Waals surface area (Å²) in [6, 6.07) is 0.611. The second-order valence-electron chi connectivity index (χ2n) is 5.85. The van der Waals surface area contributed by atoms with E-state index in [0.29, 0.717) is 6.07 Å². The summed E-state index contributed by atoms with van der Waals surface area (Å²) in [5.41, 5.74) is -1.34. The number of benzene rings is 1. The molecule has 13 heteroatoms. The number of ether oxygens (including phenoxy) is 1. The molecule has 0 aliphatic carbocycles. The number of imide groups is 1. The van der Waals surface area contributed by atoms with E-state index in [1.54, 1.807) is 0 Å². The Bertz CT molecular complexity index is 1120. The largest absolute Gasteiger partial charge is 0.495 e. The van der Waals surface area contributed by atoms with E-state index in [-0.39, 0.29) is 16.7 Å². The zero-order valence-corrected chi connectivity index (χ0v) is 14.2. The molecule has 154 valence electrons. The summed E-state index contributed by atoms with van der Waals surface area (Å²) in [6.07, 6.45) is -10.5. The average Bonchev–Trinajstić information content (AvgIpc) is 2.86. The van der Waals surface area contributed by atoms with Crippen molar-refractivity contribution in [3.05, 3.63) is 50.8 Å². The number of hydrogen-bond donors (Lipinski definition) is 2. The lowest BCUT2D eigenvalue weighted by molar-refractivity contribution is -0.143. The van der Waals surface area contributed by atoms with Crippen LogP contribution in [-0.2, 0) is 12.4 Å². The lowest BCUT2D eigenvalue weighted by Gasteiger charge is -2.21. The first-order valence-corrected chi connectivity index (χ1v) is 7.55. The van der Waals surface area contributed by atoms with Crippen molar-refractivity contribution in [2.24, 2.45) is 0 Å². The topological polar surface area (TPSA) is 103 Å². The fraction of sp³-hybridized carbons (Fsp3) is 0.188. The van der Waals surface area contributed by atoms with Gasteiger partial charge in [-0.05, 0) is 12.1 Å². The van der Waals surface area contributed by atoms with Crippen molar-refractivity contribution in [3.63, 3.8) is 0 Å². The van der Waals surface area contributed by atoms with E-state index in [9.17, 15) is 40.7 Å². The number of amides is 2. The monoisotopic (exact) mass is 421 g/mol. The number of carbonyl (C=O) groups excluding carboxylic acids is 2. The molecule has 0 saturated carbocycles. The molecule has 0 bridgehead atoms. The average molecular weight is 421 g/mol. The number of nitrogens with two attached hydrogens (primary N) is 1. The number of aromatic nitrogens is 1. The number of halogens is 6. The van der Waals surface area contributed by atoms with Gasteiger partial charge in [-0.3, -0.25) is 24.3 Å². The SMILES string of the molecule is COc1cc(C(F)(F)F)cc(C(F)(F)F)c1-n1c(N)c2c(cc1=O)C(=O)NC2=O. The number of nitrogens with one attached hydrogen (secondary N) is 1. The first-order chi connectivity index (χ1) is 13.3. The summed E-state index contributed by atoms with van der Waals surface area (Å²) in [6.45, 7) is 0. The van der Waals surface area contributed by atoms with E-state index in [2.05, 4.69) is 4.74 Å². The third-order valence-electron chi connectivity index (χ3n) is 4.10. The van der Waals surface area contributed by atoms with Crippen LogP contribution in [-0.4, -0.2) is 23.5 Å². The van der Waals surface area contributed by atoms with Crippen molar-refractivity contribution in [2.75, 3.05) is 12.8 Å². The molecule has 0 radical (unpaired) electrons. The highest BCUT2D eigenvalue weighted by atomic mass is 19.4. The number of rotatable bonds is 2. The van der Waals surface area contributed by atoms with E-state index in [0.717, 1.165) is 7.11 Å². The van der Waals surface area contributed by atoms with Gasteiger partial charge < -0.3 is 10.5 Å². The molecule has 3 rings (SSSR count). The van der Waals surface area contributed by atoms with Gasteiger partial charge in [0.2, 0.25) is 0 Å². The van der Waals surface area contributed by atoms with Crippen LogP contribution in [0, 0.1) is 0 Å². The Morgan fingerprint density at radius 3 is 2.10 bits per heavy atom. The number of hydrogen-bond acceptors (Lipinski definition) is 5. The maximum absolute atomic E-state index is 13.6. The highest BCUT2D eigenvalue weighted by Crippen LogP contribution is 2.43. The van der Waals surface area contributed by atoms with Gasteiger partial charge >= 0.3 is 12.4 Å². The summed E-state index contributed by atoms with van der Waals surface area (Å²) in [4.78, 5) is 36.0. The Hall–Kier alpha value is -3.51. The van der Waals surface area contributed by atoms with Crippen LogP contribution in [0.25, 0.3) is 5.69 Å². The van der Waals surface area contributed by atoms with Gasteiger partial charge in [0.05, 0.1) is 29.4 Å². The second kappa shape index (κ2) is 6.25. The maximum atomic E-state index is 13.6. The molecule has 0 fully saturated rings. The van der Waals surface area contributed by atoms with Crippen LogP contribution >= 0.6 is 0 Å². The van der Waals surface area contributed by atoms with Gasteiger partial charge in [-0.25, -0.2) is 0 Å². The third kappa shape index (κ3) is 3.17. The quantitative estimate of drug-likeness (QED) is 0.573. The Balaban J connectivity index is 2.47. The zero-order chi connectivity index (χ0) is 21.9. The van der Waals surface area contributed by atoms with Crippen LogP contribution in [0.15, 0.2) is 23.0 Å². The van der Waals surface area contributed by atoms with Crippen LogP contribution < -0.4 is 21.3 Å². The van der Waals surface area contributed by atoms with Gasteiger partial charge in [0.25, 0.3) is 17.4 Å². The van der Waals surface area contributed by atoms with E-state index >= 15 is 0 Å². The number of carbonyl (C=O) groups is 2. The van der Waals surface area contributed by atoms with Gasteiger partial charge in [-0.2, -0.15) is 26.3 Å². The van der Waals surface area contributed by atoms with E-state index in [4.69, 9.17) is 5.73 Å². The smallest absolute Gasteiger partial charge is 0.418 e. The number of methoxy groups -OCH3 is 1. The fourth-order valence-corrected chi connectivity index (χ4v) is 2.88. The highest BCUT2D eigenvalue weighted by molar-refractivity contribution is 6.23. The molecule has 0 saturated heterocycles. The Labute approximate surface area is 156 Å². The molecular formula is C16H9F6N3O4. The van der Waals surface area contributed by atoms with Crippen molar-refractivity contribution in [2.45, 2.75) is 12.4 Å². The van der Waals surface area contributed by atoms with Crippen LogP contribution in [0.2, 0.25) is 0 Å². The van der Waals surface area contributed by atoms with Gasteiger partial charge in [0, 0.05) is 6.07 Å². The number of anilines is 1. The summed E-state index contributed by atoms with van der Waals surface area (Å²) in [7, 11) is 0.796. The Kier molecular flexibility index (Phi) is 4.36. The third-order valence-corrected chi connectivity index (χ3v) is 4.10. The number of pyridine rings is 1. The molecule has 1 aromatic heterocycles. The molecule has 1 aliphatic rings. The maximum Gasteiger partial charge on any atom is 0.418 e. The van der Waals surface area contributed by atoms with Gasteiger partial charge in [-0.15, -0.1) is 0 Å².